The fourth-order valence-corrected chi connectivity index (χ4v) is 4.19. The molecule has 32 heavy (non-hydrogen) atoms. The maximum absolute atomic E-state index is 12.3. The predicted octanol–water partition coefficient (Wildman–Crippen LogP) is 4.88. The van der Waals surface area contributed by atoms with Gasteiger partial charge in [-0.15, -0.1) is 0 Å². The molecule has 1 unspecified atom stereocenters. The largest absolute Gasteiger partial charge is 0.323 e. The molecular weight excluding hydrogens is 436 g/mol. The number of nitro benzene ring substituents is 2. The van der Waals surface area contributed by atoms with Gasteiger partial charge < -0.3 is 4.89 Å². The van der Waals surface area contributed by atoms with E-state index >= 15 is 0 Å². The Labute approximate surface area is 186 Å². The average Bonchev–Trinajstić information content (AvgIpc) is 2.75. The lowest BCUT2D eigenvalue weighted by atomic mass is 10.0. The molecule has 0 bridgehead atoms. The molecule has 0 amide bonds. The van der Waals surface area contributed by atoms with Gasteiger partial charge >= 0.3 is 0 Å². The number of benzene rings is 3. The van der Waals surface area contributed by atoms with Crippen LogP contribution in [0, 0.1) is 34.1 Å². The van der Waals surface area contributed by atoms with E-state index in [4.69, 9.17) is 9.22 Å². The molecule has 9 nitrogen and oxygen atoms in total. The van der Waals surface area contributed by atoms with Crippen molar-refractivity contribution in [2.24, 2.45) is 0 Å². The highest BCUT2D eigenvalue weighted by Gasteiger charge is 2.24. The van der Waals surface area contributed by atoms with Gasteiger partial charge in [0.05, 0.1) is 15.6 Å². The van der Waals surface area contributed by atoms with E-state index in [1.54, 1.807) is 18.2 Å². The van der Waals surface area contributed by atoms with Gasteiger partial charge in [0.25, 0.3) is 11.4 Å². The molecule has 0 aromatic heterocycles. The zero-order valence-electron chi connectivity index (χ0n) is 17.3. The SMILES string of the molecule is Cc1cccc(C)c1CS(=O)OOc1cccc(Cc2c([N+](=O)[O-])cccc2[N+](=O)[O-])c1. The van der Waals surface area contributed by atoms with Gasteiger partial charge in [-0.25, -0.2) is 4.21 Å². The first-order valence-electron chi connectivity index (χ1n) is 9.54. The minimum atomic E-state index is -1.76. The lowest BCUT2D eigenvalue weighted by Gasteiger charge is -2.10. The van der Waals surface area contributed by atoms with E-state index < -0.39 is 20.9 Å². The van der Waals surface area contributed by atoms with Crippen LogP contribution in [0.2, 0.25) is 0 Å². The van der Waals surface area contributed by atoms with Crippen molar-refractivity contribution in [1.29, 1.82) is 0 Å². The van der Waals surface area contributed by atoms with E-state index in [2.05, 4.69) is 0 Å². The number of hydrogen-bond acceptors (Lipinski definition) is 7. The Morgan fingerprint density at radius 2 is 1.41 bits per heavy atom. The molecule has 3 aromatic rings. The van der Waals surface area contributed by atoms with Gasteiger partial charge in [0.1, 0.15) is 5.56 Å². The lowest BCUT2D eigenvalue weighted by Crippen LogP contribution is -2.07. The van der Waals surface area contributed by atoms with Gasteiger partial charge in [-0.3, -0.25) is 20.2 Å². The number of nitrogens with zero attached hydrogens (tertiary/aromatic N) is 2. The zero-order chi connectivity index (χ0) is 23.3. The summed E-state index contributed by atoms with van der Waals surface area (Å²) in [5.74, 6) is 0.374. The summed E-state index contributed by atoms with van der Waals surface area (Å²) in [7, 11) is 0. The van der Waals surface area contributed by atoms with Crippen LogP contribution in [0.5, 0.6) is 5.75 Å². The van der Waals surface area contributed by atoms with Gasteiger partial charge in [0, 0.05) is 18.6 Å². The Morgan fingerprint density at radius 1 is 0.844 bits per heavy atom. The van der Waals surface area contributed by atoms with Gasteiger partial charge in [0.15, 0.2) is 5.75 Å². The molecule has 0 aliphatic heterocycles. The van der Waals surface area contributed by atoms with E-state index in [1.165, 1.54) is 24.3 Å². The van der Waals surface area contributed by atoms with Crippen LogP contribution in [0.1, 0.15) is 27.8 Å². The van der Waals surface area contributed by atoms with E-state index in [0.29, 0.717) is 5.56 Å². The maximum Gasteiger partial charge on any atom is 0.279 e. The highest BCUT2D eigenvalue weighted by molar-refractivity contribution is 7.79. The maximum atomic E-state index is 12.3. The summed E-state index contributed by atoms with van der Waals surface area (Å²) in [4.78, 5) is 26.6. The van der Waals surface area contributed by atoms with Crippen molar-refractivity contribution in [3.63, 3.8) is 0 Å². The average molecular weight is 456 g/mol. The Bertz CT molecular complexity index is 1140. The number of hydrogen-bond donors (Lipinski definition) is 0. The van der Waals surface area contributed by atoms with Crippen molar-refractivity contribution in [2.45, 2.75) is 26.0 Å². The number of aryl methyl sites for hydroxylation is 2. The summed E-state index contributed by atoms with van der Waals surface area (Å²) in [6, 6.07) is 15.8. The molecule has 3 rings (SSSR count). The second kappa shape index (κ2) is 10.1. The summed E-state index contributed by atoms with van der Waals surface area (Å²) in [6.45, 7) is 3.84. The Balaban J connectivity index is 1.74. The monoisotopic (exact) mass is 456 g/mol. The molecule has 0 aliphatic rings. The van der Waals surface area contributed by atoms with Crippen molar-refractivity contribution < 1.29 is 23.3 Å². The molecule has 0 aliphatic carbocycles. The van der Waals surface area contributed by atoms with Crippen molar-refractivity contribution in [3.8, 4) is 5.75 Å². The van der Waals surface area contributed by atoms with Crippen LogP contribution in [0.3, 0.4) is 0 Å². The quantitative estimate of drug-likeness (QED) is 0.255. The summed E-state index contributed by atoms with van der Waals surface area (Å²) < 4.78 is 17.3. The molecule has 1 atom stereocenters. The second-order valence-corrected chi connectivity index (χ2v) is 8.12. The van der Waals surface area contributed by atoms with Gasteiger partial charge in [0.2, 0.25) is 11.1 Å². The van der Waals surface area contributed by atoms with Crippen molar-refractivity contribution in [1.82, 2.24) is 0 Å². The summed E-state index contributed by atoms with van der Waals surface area (Å²) >= 11 is -1.76. The zero-order valence-corrected chi connectivity index (χ0v) is 18.2. The molecule has 3 aromatic carbocycles. The number of rotatable bonds is 9. The minimum Gasteiger partial charge on any atom is -0.323 e. The minimum absolute atomic E-state index is 0.0147. The van der Waals surface area contributed by atoms with Crippen molar-refractivity contribution in [2.75, 3.05) is 0 Å². The molecule has 0 heterocycles. The van der Waals surface area contributed by atoms with E-state index in [0.717, 1.165) is 16.7 Å². The van der Waals surface area contributed by atoms with Crippen LogP contribution in [0.25, 0.3) is 0 Å². The highest BCUT2D eigenvalue weighted by Crippen LogP contribution is 2.31. The molecule has 0 N–H and O–H groups in total. The topological polar surface area (TPSA) is 122 Å². The third-order valence-electron chi connectivity index (χ3n) is 4.91. The standard InChI is InChI=1S/C22H20N2O7S/c1-15-6-3-7-16(2)20(15)14-32(29)31-30-18-9-4-8-17(12-18)13-19-21(23(25)26)10-5-11-22(19)24(27)28/h3-12H,13-14H2,1-2H3. The fourth-order valence-electron chi connectivity index (χ4n) is 3.29. The lowest BCUT2D eigenvalue weighted by molar-refractivity contribution is -0.395. The van der Waals surface area contributed by atoms with E-state index in [-0.39, 0.29) is 34.9 Å². The third kappa shape index (κ3) is 5.54. The number of nitro groups is 2. The summed E-state index contributed by atoms with van der Waals surface area (Å²) in [5, 5.41) is 22.7. The molecule has 0 saturated carbocycles. The van der Waals surface area contributed by atoms with Gasteiger partial charge in [-0.2, -0.15) is 0 Å². The van der Waals surface area contributed by atoms with Gasteiger partial charge in [-0.1, -0.05) is 34.7 Å². The van der Waals surface area contributed by atoms with Crippen LogP contribution >= 0.6 is 0 Å². The van der Waals surface area contributed by atoms with Crippen LogP contribution in [-0.4, -0.2) is 14.1 Å². The molecule has 0 radical (unpaired) electrons. The van der Waals surface area contributed by atoms with Crippen LogP contribution in [-0.2, 0) is 27.6 Å². The van der Waals surface area contributed by atoms with E-state index in [1.807, 2.05) is 32.0 Å². The van der Waals surface area contributed by atoms with Gasteiger partial charge in [-0.05, 0) is 54.3 Å². The summed E-state index contributed by atoms with van der Waals surface area (Å²) in [5.41, 5.74) is 2.74. The summed E-state index contributed by atoms with van der Waals surface area (Å²) in [6.07, 6.45) is -0.0594. The van der Waals surface area contributed by atoms with Crippen LogP contribution < -0.4 is 4.89 Å². The molecule has 166 valence electrons. The molecule has 10 heteroatoms. The smallest absolute Gasteiger partial charge is 0.279 e. The second-order valence-electron chi connectivity index (χ2n) is 7.08. The van der Waals surface area contributed by atoms with E-state index in [9.17, 15) is 24.4 Å². The molecular formula is C22H20N2O7S. The Morgan fingerprint density at radius 3 is 2.00 bits per heavy atom. The molecule has 0 fully saturated rings. The molecule has 0 saturated heterocycles. The first-order valence-corrected chi connectivity index (χ1v) is 10.8. The Kier molecular flexibility index (Phi) is 7.29. The van der Waals surface area contributed by atoms with Crippen molar-refractivity contribution >= 4 is 22.5 Å². The first-order chi connectivity index (χ1) is 15.3. The van der Waals surface area contributed by atoms with Crippen molar-refractivity contribution in [3.05, 3.63) is 109 Å². The Hall–Kier alpha value is -3.63. The predicted molar refractivity (Wildman–Crippen MR) is 118 cm³/mol. The highest BCUT2D eigenvalue weighted by atomic mass is 32.2. The van der Waals surface area contributed by atoms with Crippen LogP contribution in [0.4, 0.5) is 11.4 Å². The van der Waals surface area contributed by atoms with Crippen LogP contribution in [0.15, 0.2) is 60.7 Å². The normalized spacial score (nSPS) is 11.7. The molecule has 0 spiro atoms. The fraction of sp³-hybridized carbons (Fsp3) is 0.182. The third-order valence-corrected chi connectivity index (χ3v) is 5.66. The first kappa shape index (κ1) is 23.0.